The normalized spacial score (nSPS) is 12.4. The summed E-state index contributed by atoms with van der Waals surface area (Å²) in [6.45, 7) is 0.920. The first-order chi connectivity index (χ1) is 9.20. The lowest BCUT2D eigenvalue weighted by Crippen LogP contribution is -2.19. The summed E-state index contributed by atoms with van der Waals surface area (Å²) in [7, 11) is 1.97. The van der Waals surface area contributed by atoms with Crippen LogP contribution in [-0.2, 0) is 6.42 Å². The fourth-order valence-corrected chi connectivity index (χ4v) is 2.72. The molecule has 0 fully saturated rings. The van der Waals surface area contributed by atoms with Crippen molar-refractivity contribution in [3.8, 4) is 0 Å². The molecule has 1 unspecified atom stereocenters. The summed E-state index contributed by atoms with van der Waals surface area (Å²) in [4.78, 5) is 0. The van der Waals surface area contributed by atoms with Crippen molar-refractivity contribution in [1.82, 2.24) is 5.32 Å². The van der Waals surface area contributed by atoms with Gasteiger partial charge in [0.15, 0.2) is 0 Å². The van der Waals surface area contributed by atoms with Gasteiger partial charge in [0.2, 0.25) is 0 Å². The van der Waals surface area contributed by atoms with Gasteiger partial charge in [-0.05, 0) is 36.7 Å². The molecule has 0 aromatic heterocycles. The van der Waals surface area contributed by atoms with Gasteiger partial charge in [-0.25, -0.2) is 0 Å². The molecule has 1 atom stereocenters. The number of hydrogen-bond donors (Lipinski definition) is 1. The molecular formula is C16H17Cl2N. The van der Waals surface area contributed by atoms with Gasteiger partial charge >= 0.3 is 0 Å². The van der Waals surface area contributed by atoms with Gasteiger partial charge in [-0.15, -0.1) is 0 Å². The molecule has 0 radical (unpaired) electrons. The maximum atomic E-state index is 6.26. The Kier molecular flexibility index (Phi) is 5.26. The van der Waals surface area contributed by atoms with Gasteiger partial charge in [-0.3, -0.25) is 0 Å². The molecule has 1 N–H and O–H groups in total. The number of halogens is 2. The van der Waals surface area contributed by atoms with Gasteiger partial charge in [0, 0.05) is 22.5 Å². The van der Waals surface area contributed by atoms with Crippen LogP contribution in [0.25, 0.3) is 0 Å². The van der Waals surface area contributed by atoms with Crippen molar-refractivity contribution in [3.63, 3.8) is 0 Å². The van der Waals surface area contributed by atoms with E-state index in [1.807, 2.05) is 25.2 Å². The van der Waals surface area contributed by atoms with Crippen LogP contribution in [-0.4, -0.2) is 13.6 Å². The first-order valence-corrected chi connectivity index (χ1v) is 7.09. The van der Waals surface area contributed by atoms with Crippen LogP contribution < -0.4 is 5.32 Å². The maximum Gasteiger partial charge on any atom is 0.0453 e. The molecule has 2 aromatic rings. The summed E-state index contributed by atoms with van der Waals surface area (Å²) in [5.41, 5.74) is 2.46. The number of nitrogens with one attached hydrogen (secondary N) is 1. The van der Waals surface area contributed by atoms with E-state index < -0.39 is 0 Å². The smallest absolute Gasteiger partial charge is 0.0453 e. The molecule has 2 rings (SSSR count). The minimum atomic E-state index is 0.407. The predicted octanol–water partition coefficient (Wildman–Crippen LogP) is 4.54. The summed E-state index contributed by atoms with van der Waals surface area (Å²) in [5.74, 6) is 0.407. The van der Waals surface area contributed by atoms with Crippen molar-refractivity contribution in [2.45, 2.75) is 12.3 Å². The topological polar surface area (TPSA) is 12.0 Å². The van der Waals surface area contributed by atoms with Crippen LogP contribution in [0.3, 0.4) is 0 Å². The summed E-state index contributed by atoms with van der Waals surface area (Å²) in [5, 5.41) is 4.67. The lowest BCUT2D eigenvalue weighted by molar-refractivity contribution is 0.626. The highest BCUT2D eigenvalue weighted by Gasteiger charge is 2.13. The average molecular weight is 294 g/mol. The molecule has 0 saturated heterocycles. The minimum absolute atomic E-state index is 0.407. The van der Waals surface area contributed by atoms with Crippen LogP contribution in [0, 0.1) is 0 Å². The zero-order valence-corrected chi connectivity index (χ0v) is 12.4. The molecule has 0 spiro atoms. The Labute approximate surface area is 124 Å². The van der Waals surface area contributed by atoms with Gasteiger partial charge in [0.1, 0.15) is 0 Å². The number of rotatable bonds is 5. The van der Waals surface area contributed by atoms with E-state index in [0.29, 0.717) is 10.9 Å². The van der Waals surface area contributed by atoms with Crippen LogP contribution in [0.5, 0.6) is 0 Å². The van der Waals surface area contributed by atoms with Crippen LogP contribution in [0.15, 0.2) is 48.5 Å². The first-order valence-electron chi connectivity index (χ1n) is 6.34. The zero-order valence-electron chi connectivity index (χ0n) is 10.9. The Morgan fingerprint density at radius 2 is 1.79 bits per heavy atom. The molecular weight excluding hydrogens is 277 g/mol. The lowest BCUT2D eigenvalue weighted by Gasteiger charge is -2.18. The van der Waals surface area contributed by atoms with E-state index in [1.165, 1.54) is 5.56 Å². The van der Waals surface area contributed by atoms with E-state index in [2.05, 4.69) is 29.6 Å². The fraction of sp³-hybridized carbons (Fsp3) is 0.250. The van der Waals surface area contributed by atoms with Gasteiger partial charge in [-0.2, -0.15) is 0 Å². The lowest BCUT2D eigenvalue weighted by atomic mass is 9.92. The monoisotopic (exact) mass is 293 g/mol. The van der Waals surface area contributed by atoms with Gasteiger partial charge in [0.05, 0.1) is 0 Å². The van der Waals surface area contributed by atoms with Crippen LogP contribution in [0.4, 0.5) is 0 Å². The van der Waals surface area contributed by atoms with Crippen molar-refractivity contribution in [2.24, 2.45) is 0 Å². The molecule has 3 heteroatoms. The van der Waals surface area contributed by atoms with E-state index in [9.17, 15) is 0 Å². The molecule has 0 aliphatic heterocycles. The Morgan fingerprint density at radius 1 is 1.05 bits per heavy atom. The minimum Gasteiger partial charge on any atom is -0.319 e. The predicted molar refractivity (Wildman–Crippen MR) is 83.3 cm³/mol. The third-order valence-electron chi connectivity index (χ3n) is 3.20. The van der Waals surface area contributed by atoms with Crippen LogP contribution >= 0.6 is 23.2 Å². The molecule has 0 aliphatic carbocycles. The van der Waals surface area contributed by atoms with E-state index in [4.69, 9.17) is 23.2 Å². The summed E-state index contributed by atoms with van der Waals surface area (Å²) in [6, 6.07) is 16.2. The second-order valence-electron chi connectivity index (χ2n) is 4.61. The summed E-state index contributed by atoms with van der Waals surface area (Å²) >= 11 is 12.2. The number of hydrogen-bond acceptors (Lipinski definition) is 1. The average Bonchev–Trinajstić information content (AvgIpc) is 2.42. The summed E-state index contributed by atoms with van der Waals surface area (Å²) in [6.07, 6.45) is 0.904. The molecule has 0 amide bonds. The highest BCUT2D eigenvalue weighted by molar-refractivity contribution is 6.35. The number of benzene rings is 2. The fourth-order valence-electron chi connectivity index (χ4n) is 2.23. The SMILES string of the molecule is CNCC(Cc1ccc(Cl)cc1Cl)c1ccccc1. The van der Waals surface area contributed by atoms with Crippen molar-refractivity contribution >= 4 is 23.2 Å². The van der Waals surface area contributed by atoms with Crippen molar-refractivity contribution < 1.29 is 0 Å². The summed E-state index contributed by atoms with van der Waals surface area (Å²) < 4.78 is 0. The molecule has 0 saturated carbocycles. The Morgan fingerprint density at radius 3 is 2.42 bits per heavy atom. The second-order valence-corrected chi connectivity index (χ2v) is 5.45. The standard InChI is InChI=1S/C16H17Cl2N/c1-19-11-14(12-5-3-2-4-6-12)9-13-7-8-15(17)10-16(13)18/h2-8,10,14,19H,9,11H2,1H3. The highest BCUT2D eigenvalue weighted by atomic mass is 35.5. The molecule has 0 bridgehead atoms. The third-order valence-corrected chi connectivity index (χ3v) is 3.79. The van der Waals surface area contributed by atoms with Crippen LogP contribution in [0.2, 0.25) is 10.0 Å². The third kappa shape index (κ3) is 3.97. The molecule has 1 nitrogen and oxygen atoms in total. The molecule has 2 aromatic carbocycles. The molecule has 0 heterocycles. The molecule has 0 aliphatic rings. The zero-order chi connectivity index (χ0) is 13.7. The quantitative estimate of drug-likeness (QED) is 0.853. The Bertz CT molecular complexity index is 526. The van der Waals surface area contributed by atoms with Gasteiger partial charge < -0.3 is 5.32 Å². The first kappa shape index (κ1) is 14.4. The Hall–Kier alpha value is -1.02. The van der Waals surface area contributed by atoms with E-state index in [-0.39, 0.29) is 0 Å². The van der Waals surface area contributed by atoms with Gasteiger partial charge in [-0.1, -0.05) is 59.6 Å². The van der Waals surface area contributed by atoms with Crippen LogP contribution in [0.1, 0.15) is 17.0 Å². The van der Waals surface area contributed by atoms with Crippen molar-refractivity contribution in [2.75, 3.05) is 13.6 Å². The number of likely N-dealkylation sites (N-methyl/N-ethyl adjacent to an activating group) is 1. The van der Waals surface area contributed by atoms with Crippen molar-refractivity contribution in [3.05, 3.63) is 69.7 Å². The Balaban J connectivity index is 2.21. The van der Waals surface area contributed by atoms with Crippen molar-refractivity contribution in [1.29, 1.82) is 0 Å². The van der Waals surface area contributed by atoms with E-state index >= 15 is 0 Å². The molecule has 19 heavy (non-hydrogen) atoms. The highest BCUT2D eigenvalue weighted by Crippen LogP contribution is 2.27. The van der Waals surface area contributed by atoms with Gasteiger partial charge in [0.25, 0.3) is 0 Å². The maximum absolute atomic E-state index is 6.26. The van der Waals surface area contributed by atoms with E-state index in [1.54, 1.807) is 6.07 Å². The molecule has 100 valence electrons. The second kappa shape index (κ2) is 6.95. The van der Waals surface area contributed by atoms with E-state index in [0.717, 1.165) is 23.6 Å². The largest absolute Gasteiger partial charge is 0.319 e.